The van der Waals surface area contributed by atoms with Crippen molar-refractivity contribution in [3.8, 4) is 11.4 Å². The van der Waals surface area contributed by atoms with E-state index in [-0.39, 0.29) is 0 Å². The third-order valence-corrected chi connectivity index (χ3v) is 3.66. The summed E-state index contributed by atoms with van der Waals surface area (Å²) in [6, 6.07) is 7.90. The van der Waals surface area contributed by atoms with Crippen LogP contribution in [0.4, 0.5) is 0 Å². The molecule has 3 aromatic rings. The van der Waals surface area contributed by atoms with Crippen LogP contribution in [0.25, 0.3) is 16.3 Å². The average molecular weight is 313 g/mol. The summed E-state index contributed by atoms with van der Waals surface area (Å²) in [5, 5.41) is 11.2. The highest BCUT2D eigenvalue weighted by Gasteiger charge is 2.09. The fraction of sp³-hybridized carbons (Fsp3) is 0. The lowest BCUT2D eigenvalue weighted by atomic mass is 10.2. The van der Waals surface area contributed by atoms with Gasteiger partial charge in [-0.25, -0.2) is 4.52 Å². The van der Waals surface area contributed by atoms with E-state index in [1.807, 2.05) is 24.3 Å². The van der Waals surface area contributed by atoms with Crippen molar-refractivity contribution in [2.24, 2.45) is 0 Å². The topological polar surface area (TPSA) is 46.0 Å². The maximum Gasteiger partial charge on any atom is 0.234 e. The SMILES string of the molecule is S=c1[nH]n2c(-c3cccc(Br)c3)nnc2s1. The van der Waals surface area contributed by atoms with Crippen LogP contribution in [0, 0.1) is 3.95 Å². The molecule has 0 unspecified atom stereocenters. The van der Waals surface area contributed by atoms with Gasteiger partial charge in [0.25, 0.3) is 0 Å². The smallest absolute Gasteiger partial charge is 0.234 e. The highest BCUT2D eigenvalue weighted by molar-refractivity contribution is 9.10. The van der Waals surface area contributed by atoms with Crippen molar-refractivity contribution < 1.29 is 0 Å². The molecule has 0 fully saturated rings. The van der Waals surface area contributed by atoms with Crippen LogP contribution in [0.15, 0.2) is 28.7 Å². The summed E-state index contributed by atoms with van der Waals surface area (Å²) >= 11 is 9.91. The molecule has 3 rings (SSSR count). The maximum atomic E-state index is 5.07. The maximum absolute atomic E-state index is 5.07. The summed E-state index contributed by atoms with van der Waals surface area (Å²) in [5.41, 5.74) is 0.992. The summed E-state index contributed by atoms with van der Waals surface area (Å²) < 4.78 is 3.51. The van der Waals surface area contributed by atoms with Crippen molar-refractivity contribution in [3.63, 3.8) is 0 Å². The zero-order chi connectivity index (χ0) is 11.1. The number of aromatic nitrogens is 4. The average Bonchev–Trinajstić information content (AvgIpc) is 2.76. The largest absolute Gasteiger partial charge is 0.271 e. The molecule has 2 heterocycles. The second-order valence-corrected chi connectivity index (χ2v) is 5.71. The summed E-state index contributed by atoms with van der Waals surface area (Å²) in [7, 11) is 0. The predicted octanol–water partition coefficient (Wildman–Crippen LogP) is 3.28. The molecule has 4 nitrogen and oxygen atoms in total. The fourth-order valence-corrected chi connectivity index (χ4v) is 2.77. The van der Waals surface area contributed by atoms with Gasteiger partial charge in [0, 0.05) is 10.0 Å². The molecular formula is C9H5BrN4S2. The van der Waals surface area contributed by atoms with E-state index in [0.717, 1.165) is 20.8 Å². The molecule has 7 heteroatoms. The van der Waals surface area contributed by atoms with Gasteiger partial charge in [-0.1, -0.05) is 39.4 Å². The van der Waals surface area contributed by atoms with E-state index < -0.39 is 0 Å². The zero-order valence-electron chi connectivity index (χ0n) is 7.85. The molecule has 0 aliphatic rings. The van der Waals surface area contributed by atoms with Gasteiger partial charge in [0.15, 0.2) is 9.78 Å². The van der Waals surface area contributed by atoms with E-state index >= 15 is 0 Å². The van der Waals surface area contributed by atoms with Crippen LogP contribution in [0.2, 0.25) is 0 Å². The van der Waals surface area contributed by atoms with Crippen LogP contribution < -0.4 is 0 Å². The molecule has 0 saturated carbocycles. The molecule has 16 heavy (non-hydrogen) atoms. The first-order chi connectivity index (χ1) is 7.74. The first-order valence-corrected chi connectivity index (χ1v) is 6.46. The lowest BCUT2D eigenvalue weighted by Gasteiger charge is -1.97. The second kappa shape index (κ2) is 3.76. The number of nitrogens with one attached hydrogen (secondary N) is 1. The fourth-order valence-electron chi connectivity index (χ4n) is 1.45. The van der Waals surface area contributed by atoms with Crippen LogP contribution in [0.1, 0.15) is 0 Å². The highest BCUT2D eigenvalue weighted by Crippen LogP contribution is 2.22. The normalized spacial score (nSPS) is 11.1. The van der Waals surface area contributed by atoms with Crippen LogP contribution >= 0.6 is 39.5 Å². The number of halogens is 1. The Hall–Kier alpha value is -1.05. The summed E-state index contributed by atoms with van der Waals surface area (Å²) in [6.07, 6.45) is 0. The summed E-state index contributed by atoms with van der Waals surface area (Å²) in [4.78, 5) is 0.778. The highest BCUT2D eigenvalue weighted by atomic mass is 79.9. The molecular weight excluding hydrogens is 308 g/mol. The zero-order valence-corrected chi connectivity index (χ0v) is 11.1. The van der Waals surface area contributed by atoms with Gasteiger partial charge < -0.3 is 0 Å². The number of aromatic amines is 1. The van der Waals surface area contributed by atoms with E-state index in [0.29, 0.717) is 3.95 Å². The van der Waals surface area contributed by atoms with Crippen LogP contribution in [0.5, 0.6) is 0 Å². The number of hydrogen-bond donors (Lipinski definition) is 1. The van der Waals surface area contributed by atoms with Gasteiger partial charge in [-0.2, -0.15) is 0 Å². The summed E-state index contributed by atoms with van der Waals surface area (Å²) in [5.74, 6) is 0.767. The molecule has 0 spiro atoms. The molecule has 0 saturated heterocycles. The first kappa shape index (κ1) is 10.1. The minimum Gasteiger partial charge on any atom is -0.271 e. The lowest BCUT2D eigenvalue weighted by Crippen LogP contribution is -1.89. The molecule has 80 valence electrons. The number of nitrogens with zero attached hydrogens (tertiary/aromatic N) is 3. The van der Waals surface area contributed by atoms with E-state index in [1.54, 1.807) is 4.52 Å². The quantitative estimate of drug-likeness (QED) is 0.701. The third kappa shape index (κ3) is 1.60. The van der Waals surface area contributed by atoms with Crippen LogP contribution in [0.3, 0.4) is 0 Å². The lowest BCUT2D eigenvalue weighted by molar-refractivity contribution is 0.958. The van der Waals surface area contributed by atoms with Gasteiger partial charge in [0.05, 0.1) is 0 Å². The molecule has 1 N–H and O–H groups in total. The Labute approximate surface area is 108 Å². The van der Waals surface area contributed by atoms with Gasteiger partial charge in [0.1, 0.15) is 0 Å². The second-order valence-electron chi connectivity index (χ2n) is 3.15. The number of hydrogen-bond acceptors (Lipinski definition) is 4. The standard InChI is InChI=1S/C9H5BrN4S2/c10-6-3-1-2-5(4-6)7-11-12-8-14(7)13-9(15)16-8/h1-4H,(H,13,15). The van der Waals surface area contributed by atoms with Gasteiger partial charge >= 0.3 is 0 Å². The minimum absolute atomic E-state index is 0.696. The van der Waals surface area contributed by atoms with Gasteiger partial charge in [-0.15, -0.1) is 10.2 Å². The van der Waals surface area contributed by atoms with Crippen molar-refractivity contribution in [2.75, 3.05) is 0 Å². The van der Waals surface area contributed by atoms with E-state index in [2.05, 4.69) is 31.2 Å². The Kier molecular flexibility index (Phi) is 2.38. The third-order valence-electron chi connectivity index (χ3n) is 2.10. The van der Waals surface area contributed by atoms with Crippen molar-refractivity contribution in [1.29, 1.82) is 0 Å². The Morgan fingerprint density at radius 3 is 3.06 bits per heavy atom. The number of rotatable bonds is 1. The Bertz CT molecular complexity index is 711. The van der Waals surface area contributed by atoms with E-state index in [1.165, 1.54) is 11.3 Å². The van der Waals surface area contributed by atoms with E-state index in [4.69, 9.17) is 12.2 Å². The number of benzene rings is 1. The van der Waals surface area contributed by atoms with E-state index in [9.17, 15) is 0 Å². The van der Waals surface area contributed by atoms with Crippen molar-refractivity contribution in [3.05, 3.63) is 32.7 Å². The molecule has 0 amide bonds. The Morgan fingerprint density at radius 1 is 1.38 bits per heavy atom. The monoisotopic (exact) mass is 312 g/mol. The molecule has 0 radical (unpaired) electrons. The number of fused-ring (bicyclic) bond motifs is 1. The first-order valence-electron chi connectivity index (χ1n) is 4.44. The van der Waals surface area contributed by atoms with Crippen LogP contribution in [-0.2, 0) is 0 Å². The molecule has 0 aliphatic heterocycles. The van der Waals surface area contributed by atoms with Crippen LogP contribution in [-0.4, -0.2) is 19.8 Å². The van der Waals surface area contributed by atoms with Gasteiger partial charge in [-0.3, -0.25) is 5.10 Å². The minimum atomic E-state index is 0.696. The predicted molar refractivity (Wildman–Crippen MR) is 69.2 cm³/mol. The number of H-pyrrole nitrogens is 1. The Morgan fingerprint density at radius 2 is 2.25 bits per heavy atom. The molecule has 2 aromatic heterocycles. The van der Waals surface area contributed by atoms with Gasteiger partial charge in [0.2, 0.25) is 4.96 Å². The van der Waals surface area contributed by atoms with Crippen molar-refractivity contribution >= 4 is 44.4 Å². The Balaban J connectivity index is 2.29. The molecule has 0 bridgehead atoms. The summed E-state index contributed by atoms with van der Waals surface area (Å²) in [6.45, 7) is 0. The molecule has 0 aliphatic carbocycles. The molecule has 0 atom stereocenters. The van der Waals surface area contributed by atoms with Gasteiger partial charge in [-0.05, 0) is 24.4 Å². The molecule has 1 aromatic carbocycles. The van der Waals surface area contributed by atoms with Crippen molar-refractivity contribution in [1.82, 2.24) is 19.8 Å². The van der Waals surface area contributed by atoms with Crippen molar-refractivity contribution in [2.45, 2.75) is 0 Å².